The predicted molar refractivity (Wildman–Crippen MR) is 71.9 cm³/mol. The molecule has 0 atom stereocenters. The second kappa shape index (κ2) is 9.34. The Kier molecular flexibility index (Phi) is 7.59. The Morgan fingerprint density at radius 1 is 1.37 bits per heavy atom. The van der Waals surface area contributed by atoms with Gasteiger partial charge in [-0.1, -0.05) is 6.07 Å². The van der Waals surface area contributed by atoms with Gasteiger partial charge in [-0.2, -0.15) is 5.26 Å². The Bertz CT molecular complexity index is 416. The molecule has 5 nitrogen and oxygen atoms in total. The molecule has 0 saturated heterocycles. The zero-order valence-electron chi connectivity index (χ0n) is 11.2. The van der Waals surface area contributed by atoms with E-state index in [0.29, 0.717) is 31.1 Å². The third-order valence-corrected chi connectivity index (χ3v) is 2.59. The molecule has 0 unspecified atom stereocenters. The van der Waals surface area contributed by atoms with Gasteiger partial charge in [0.2, 0.25) is 0 Å². The van der Waals surface area contributed by atoms with Gasteiger partial charge in [0, 0.05) is 13.2 Å². The molecule has 0 aliphatic heterocycles. The minimum absolute atomic E-state index is 0.0657. The van der Waals surface area contributed by atoms with Crippen molar-refractivity contribution < 1.29 is 14.6 Å². The van der Waals surface area contributed by atoms with Crippen LogP contribution < -0.4 is 10.1 Å². The molecular weight excluding hydrogens is 244 g/mol. The van der Waals surface area contributed by atoms with Crippen molar-refractivity contribution in [1.29, 1.82) is 5.26 Å². The van der Waals surface area contributed by atoms with Gasteiger partial charge in [-0.25, -0.2) is 0 Å². The molecule has 1 aromatic rings. The highest BCUT2D eigenvalue weighted by Gasteiger charge is 2.03. The second-order valence-electron chi connectivity index (χ2n) is 4.01. The molecule has 0 heterocycles. The Morgan fingerprint density at radius 3 is 2.89 bits per heavy atom. The first-order valence-electron chi connectivity index (χ1n) is 6.28. The summed E-state index contributed by atoms with van der Waals surface area (Å²) >= 11 is 0. The predicted octanol–water partition coefficient (Wildman–Crippen LogP) is 1.06. The smallest absolute Gasteiger partial charge is 0.136 e. The van der Waals surface area contributed by atoms with Crippen molar-refractivity contribution in [2.75, 3.05) is 33.5 Å². The first kappa shape index (κ1) is 15.4. The summed E-state index contributed by atoms with van der Waals surface area (Å²) in [4.78, 5) is 0. The first-order chi connectivity index (χ1) is 9.31. The molecule has 0 bridgehead atoms. The van der Waals surface area contributed by atoms with E-state index in [1.165, 1.54) is 0 Å². The summed E-state index contributed by atoms with van der Waals surface area (Å²) in [6.45, 7) is 2.64. The third-order valence-electron chi connectivity index (χ3n) is 2.59. The molecule has 1 aromatic carbocycles. The van der Waals surface area contributed by atoms with Crippen LogP contribution in [0, 0.1) is 11.3 Å². The molecule has 5 heteroatoms. The number of benzene rings is 1. The summed E-state index contributed by atoms with van der Waals surface area (Å²) in [5.41, 5.74) is 1.60. The number of nitrogens with zero attached hydrogens (tertiary/aromatic N) is 1. The summed E-state index contributed by atoms with van der Waals surface area (Å²) in [6, 6.07) is 7.69. The highest BCUT2D eigenvalue weighted by atomic mass is 16.5. The van der Waals surface area contributed by atoms with Gasteiger partial charge in [-0.15, -0.1) is 0 Å². The molecule has 0 spiro atoms. The monoisotopic (exact) mass is 264 g/mol. The summed E-state index contributed by atoms with van der Waals surface area (Å²) in [5, 5.41) is 20.8. The molecule has 0 radical (unpaired) electrons. The number of rotatable bonds is 9. The lowest BCUT2D eigenvalue weighted by Gasteiger charge is -2.07. The van der Waals surface area contributed by atoms with Crippen molar-refractivity contribution in [3.8, 4) is 11.8 Å². The standard InChI is InChI=1S/C14H20N2O3/c1-18-14-4-3-12(9-13(14)10-15)11-16-5-2-7-19-8-6-17/h3-4,9,16-17H,2,5-8,11H2,1H3. The average molecular weight is 264 g/mol. The van der Waals surface area contributed by atoms with Gasteiger partial charge in [-0.05, 0) is 30.7 Å². The molecule has 0 saturated carbocycles. The largest absolute Gasteiger partial charge is 0.495 e. The maximum Gasteiger partial charge on any atom is 0.136 e. The first-order valence-corrected chi connectivity index (χ1v) is 6.28. The third kappa shape index (κ3) is 5.71. The van der Waals surface area contributed by atoms with Crippen LogP contribution >= 0.6 is 0 Å². The van der Waals surface area contributed by atoms with Crippen molar-refractivity contribution >= 4 is 0 Å². The number of nitriles is 1. The van der Waals surface area contributed by atoms with Crippen LogP contribution in [0.25, 0.3) is 0 Å². The van der Waals surface area contributed by atoms with Gasteiger partial charge in [0.15, 0.2) is 0 Å². The molecule has 1 rings (SSSR count). The maximum atomic E-state index is 8.98. The van der Waals surface area contributed by atoms with Gasteiger partial charge < -0.3 is 19.9 Å². The van der Waals surface area contributed by atoms with Gasteiger partial charge >= 0.3 is 0 Å². The van der Waals surface area contributed by atoms with Crippen LogP contribution in [-0.2, 0) is 11.3 Å². The lowest BCUT2D eigenvalue weighted by Crippen LogP contribution is -2.16. The quantitative estimate of drug-likeness (QED) is 0.652. The molecule has 0 amide bonds. The number of ether oxygens (including phenoxy) is 2. The molecule has 19 heavy (non-hydrogen) atoms. The minimum Gasteiger partial charge on any atom is -0.495 e. The Hall–Kier alpha value is -1.61. The minimum atomic E-state index is 0.0657. The van der Waals surface area contributed by atoms with Crippen molar-refractivity contribution in [3.05, 3.63) is 29.3 Å². The van der Waals surface area contributed by atoms with Crippen LogP contribution in [0.2, 0.25) is 0 Å². The van der Waals surface area contributed by atoms with Gasteiger partial charge in [-0.3, -0.25) is 0 Å². The average Bonchev–Trinajstić information content (AvgIpc) is 2.46. The SMILES string of the molecule is COc1ccc(CNCCCOCCO)cc1C#N. The molecular formula is C14H20N2O3. The summed E-state index contributed by atoms with van der Waals surface area (Å²) in [7, 11) is 1.56. The number of hydrogen-bond acceptors (Lipinski definition) is 5. The number of aliphatic hydroxyl groups is 1. The normalized spacial score (nSPS) is 10.2. The molecule has 0 fully saturated rings. The van der Waals surface area contributed by atoms with Crippen molar-refractivity contribution in [3.63, 3.8) is 0 Å². The van der Waals surface area contributed by atoms with E-state index in [0.717, 1.165) is 18.5 Å². The van der Waals surface area contributed by atoms with Gasteiger partial charge in [0.05, 0.1) is 25.9 Å². The van der Waals surface area contributed by atoms with Gasteiger partial charge in [0.25, 0.3) is 0 Å². The topological polar surface area (TPSA) is 74.5 Å². The molecule has 0 aliphatic carbocycles. The van der Waals surface area contributed by atoms with E-state index in [9.17, 15) is 0 Å². The van der Waals surface area contributed by atoms with Crippen molar-refractivity contribution in [2.45, 2.75) is 13.0 Å². The zero-order valence-corrected chi connectivity index (χ0v) is 11.2. The molecule has 2 N–H and O–H groups in total. The van der Waals surface area contributed by atoms with Crippen LogP contribution in [-0.4, -0.2) is 38.6 Å². The van der Waals surface area contributed by atoms with Crippen LogP contribution in [0.3, 0.4) is 0 Å². The van der Waals surface area contributed by atoms with E-state index in [1.54, 1.807) is 13.2 Å². The van der Waals surface area contributed by atoms with E-state index in [4.69, 9.17) is 19.8 Å². The zero-order chi connectivity index (χ0) is 13.9. The fourth-order valence-electron chi connectivity index (χ4n) is 1.65. The fourth-order valence-corrected chi connectivity index (χ4v) is 1.65. The van der Waals surface area contributed by atoms with E-state index < -0.39 is 0 Å². The Morgan fingerprint density at radius 2 is 2.21 bits per heavy atom. The van der Waals surface area contributed by atoms with E-state index in [1.807, 2.05) is 12.1 Å². The molecule has 0 aromatic heterocycles. The highest BCUT2D eigenvalue weighted by molar-refractivity contribution is 5.45. The number of nitrogens with one attached hydrogen (secondary N) is 1. The van der Waals surface area contributed by atoms with Crippen LogP contribution in [0.5, 0.6) is 5.75 Å². The van der Waals surface area contributed by atoms with Gasteiger partial charge in [0.1, 0.15) is 11.8 Å². The second-order valence-corrected chi connectivity index (χ2v) is 4.01. The lowest BCUT2D eigenvalue weighted by molar-refractivity contribution is 0.0907. The van der Waals surface area contributed by atoms with Crippen molar-refractivity contribution in [1.82, 2.24) is 5.32 Å². The summed E-state index contributed by atoms with van der Waals surface area (Å²) < 4.78 is 10.2. The maximum absolute atomic E-state index is 8.98. The van der Waals surface area contributed by atoms with Crippen molar-refractivity contribution in [2.24, 2.45) is 0 Å². The van der Waals surface area contributed by atoms with E-state index in [-0.39, 0.29) is 6.61 Å². The van der Waals surface area contributed by atoms with Crippen LogP contribution in [0.4, 0.5) is 0 Å². The highest BCUT2D eigenvalue weighted by Crippen LogP contribution is 2.18. The van der Waals surface area contributed by atoms with Crippen LogP contribution in [0.15, 0.2) is 18.2 Å². The Balaban J connectivity index is 2.28. The van der Waals surface area contributed by atoms with E-state index >= 15 is 0 Å². The van der Waals surface area contributed by atoms with Crippen LogP contribution in [0.1, 0.15) is 17.5 Å². The summed E-state index contributed by atoms with van der Waals surface area (Å²) in [5.74, 6) is 0.601. The Labute approximate surface area is 113 Å². The number of aliphatic hydroxyl groups excluding tert-OH is 1. The lowest BCUT2D eigenvalue weighted by atomic mass is 10.1. The molecule has 0 aliphatic rings. The number of methoxy groups -OCH3 is 1. The molecule has 104 valence electrons. The number of hydrogen-bond donors (Lipinski definition) is 2. The fraction of sp³-hybridized carbons (Fsp3) is 0.500. The summed E-state index contributed by atoms with van der Waals surface area (Å²) in [6.07, 6.45) is 0.890. The van der Waals surface area contributed by atoms with E-state index in [2.05, 4.69) is 11.4 Å².